The number of piperidine rings is 1. The van der Waals surface area contributed by atoms with E-state index in [1.54, 1.807) is 0 Å². The van der Waals surface area contributed by atoms with Crippen molar-refractivity contribution in [3.63, 3.8) is 0 Å². The molecule has 0 aliphatic carbocycles. The predicted molar refractivity (Wildman–Crippen MR) is 104 cm³/mol. The van der Waals surface area contributed by atoms with Crippen molar-refractivity contribution in [2.75, 3.05) is 19.6 Å². The fourth-order valence-electron chi connectivity index (χ4n) is 4.23. The second kappa shape index (κ2) is 8.70. The highest BCUT2D eigenvalue weighted by molar-refractivity contribution is 5.88. The van der Waals surface area contributed by atoms with Gasteiger partial charge in [-0.3, -0.25) is 9.59 Å². The van der Waals surface area contributed by atoms with E-state index in [0.29, 0.717) is 12.3 Å². The smallest absolute Gasteiger partial charge is 0.245 e. The summed E-state index contributed by atoms with van der Waals surface area (Å²) in [6, 6.07) is 8.14. The number of aryl methyl sites for hydroxylation is 2. The number of nitrogens with zero attached hydrogens (tertiary/aromatic N) is 2. The monoisotopic (exact) mass is 356 g/mol. The number of carbonyl (C=O) groups is 2. The molecule has 26 heavy (non-hydrogen) atoms. The van der Waals surface area contributed by atoms with Gasteiger partial charge in [0.05, 0.1) is 0 Å². The van der Waals surface area contributed by atoms with Crippen LogP contribution in [0.25, 0.3) is 0 Å². The number of rotatable bonds is 5. The van der Waals surface area contributed by atoms with Gasteiger partial charge >= 0.3 is 0 Å². The van der Waals surface area contributed by atoms with E-state index in [2.05, 4.69) is 32.0 Å². The molecule has 2 saturated heterocycles. The minimum atomic E-state index is -0.214. The first-order valence-electron chi connectivity index (χ1n) is 10.2. The van der Waals surface area contributed by atoms with Crippen LogP contribution in [0.1, 0.15) is 56.6 Å². The highest BCUT2D eigenvalue weighted by atomic mass is 16.2. The summed E-state index contributed by atoms with van der Waals surface area (Å²) in [4.78, 5) is 29.5. The molecule has 0 bridgehead atoms. The van der Waals surface area contributed by atoms with Crippen LogP contribution in [0.4, 0.5) is 0 Å². The average molecular weight is 357 g/mol. The standard InChI is InChI=1S/C22H32N2O2/c1-17-12-15-23(16-13-17)22(26)20-10-6-14-24(20)21(25)11-5-9-19-8-4-3-7-18(19)2/h3-4,7-8,17,20H,5-6,9-16H2,1-2H3. The number of hydrogen-bond acceptors (Lipinski definition) is 2. The maximum atomic E-state index is 12.9. The van der Waals surface area contributed by atoms with Crippen molar-refractivity contribution in [3.05, 3.63) is 35.4 Å². The van der Waals surface area contributed by atoms with Crippen LogP contribution in [0.2, 0.25) is 0 Å². The van der Waals surface area contributed by atoms with E-state index in [0.717, 1.165) is 58.2 Å². The van der Waals surface area contributed by atoms with Gasteiger partial charge in [-0.25, -0.2) is 0 Å². The van der Waals surface area contributed by atoms with E-state index < -0.39 is 0 Å². The van der Waals surface area contributed by atoms with Crippen LogP contribution in [0.15, 0.2) is 24.3 Å². The molecule has 2 amide bonds. The summed E-state index contributed by atoms with van der Waals surface area (Å²) < 4.78 is 0. The summed E-state index contributed by atoms with van der Waals surface area (Å²) in [5.74, 6) is 1.04. The molecule has 2 heterocycles. The fraction of sp³-hybridized carbons (Fsp3) is 0.636. The second-order valence-electron chi connectivity index (χ2n) is 8.03. The summed E-state index contributed by atoms with van der Waals surface area (Å²) in [6.45, 7) is 6.81. The molecule has 4 heteroatoms. The SMILES string of the molecule is Cc1ccccc1CCCC(=O)N1CCCC1C(=O)N1CCC(C)CC1. The van der Waals surface area contributed by atoms with Gasteiger partial charge in [-0.2, -0.15) is 0 Å². The third kappa shape index (κ3) is 4.46. The van der Waals surface area contributed by atoms with Crippen LogP contribution in [0, 0.1) is 12.8 Å². The Labute approximate surface area is 157 Å². The first kappa shape index (κ1) is 18.9. The van der Waals surface area contributed by atoms with Gasteiger partial charge in [-0.1, -0.05) is 31.2 Å². The summed E-state index contributed by atoms with van der Waals surface area (Å²) in [6.07, 6.45) is 6.26. The Morgan fingerprint density at radius 2 is 1.81 bits per heavy atom. The van der Waals surface area contributed by atoms with Gasteiger partial charge in [-0.15, -0.1) is 0 Å². The Hall–Kier alpha value is -1.84. The summed E-state index contributed by atoms with van der Waals surface area (Å²) >= 11 is 0. The van der Waals surface area contributed by atoms with Crippen molar-refractivity contribution >= 4 is 11.8 Å². The summed E-state index contributed by atoms with van der Waals surface area (Å²) in [7, 11) is 0. The molecule has 0 radical (unpaired) electrons. The Morgan fingerprint density at radius 1 is 1.08 bits per heavy atom. The highest BCUT2D eigenvalue weighted by Crippen LogP contribution is 2.24. The van der Waals surface area contributed by atoms with Crippen molar-refractivity contribution < 1.29 is 9.59 Å². The minimum Gasteiger partial charge on any atom is -0.341 e. The molecule has 2 aliphatic rings. The van der Waals surface area contributed by atoms with Crippen LogP contribution in [0.3, 0.4) is 0 Å². The van der Waals surface area contributed by atoms with Crippen LogP contribution < -0.4 is 0 Å². The van der Waals surface area contributed by atoms with E-state index in [-0.39, 0.29) is 17.9 Å². The molecule has 0 aromatic heterocycles. The largest absolute Gasteiger partial charge is 0.341 e. The zero-order chi connectivity index (χ0) is 18.5. The minimum absolute atomic E-state index is 0.153. The first-order valence-corrected chi connectivity index (χ1v) is 10.2. The van der Waals surface area contributed by atoms with Gasteiger partial charge in [0.1, 0.15) is 6.04 Å². The van der Waals surface area contributed by atoms with Gasteiger partial charge in [0, 0.05) is 26.1 Å². The molecule has 0 saturated carbocycles. The number of benzene rings is 1. The molecular weight excluding hydrogens is 324 g/mol. The molecule has 1 atom stereocenters. The molecule has 1 aromatic carbocycles. The molecule has 0 spiro atoms. The lowest BCUT2D eigenvalue weighted by atomic mass is 9.98. The Balaban J connectivity index is 1.51. The fourth-order valence-corrected chi connectivity index (χ4v) is 4.23. The van der Waals surface area contributed by atoms with E-state index in [1.165, 1.54) is 11.1 Å². The molecule has 2 aliphatic heterocycles. The van der Waals surface area contributed by atoms with E-state index in [9.17, 15) is 9.59 Å². The average Bonchev–Trinajstić information content (AvgIpc) is 3.13. The number of hydrogen-bond donors (Lipinski definition) is 0. The molecular formula is C22H32N2O2. The van der Waals surface area contributed by atoms with Gasteiger partial charge in [0.2, 0.25) is 11.8 Å². The highest BCUT2D eigenvalue weighted by Gasteiger charge is 2.36. The predicted octanol–water partition coefficient (Wildman–Crippen LogP) is 3.57. The van der Waals surface area contributed by atoms with Crippen molar-refractivity contribution in [1.29, 1.82) is 0 Å². The van der Waals surface area contributed by atoms with Crippen LogP contribution >= 0.6 is 0 Å². The first-order chi connectivity index (χ1) is 12.6. The summed E-state index contributed by atoms with van der Waals surface area (Å²) in [5, 5.41) is 0. The zero-order valence-corrected chi connectivity index (χ0v) is 16.2. The van der Waals surface area contributed by atoms with E-state index in [1.807, 2.05) is 15.9 Å². The maximum Gasteiger partial charge on any atom is 0.245 e. The van der Waals surface area contributed by atoms with E-state index in [4.69, 9.17) is 0 Å². The van der Waals surface area contributed by atoms with E-state index >= 15 is 0 Å². The Morgan fingerprint density at radius 3 is 2.54 bits per heavy atom. The third-order valence-corrected chi connectivity index (χ3v) is 6.05. The topological polar surface area (TPSA) is 40.6 Å². The quantitative estimate of drug-likeness (QED) is 0.809. The Kier molecular flexibility index (Phi) is 6.33. The lowest BCUT2D eigenvalue weighted by Crippen LogP contribution is -2.49. The maximum absolute atomic E-state index is 12.9. The van der Waals surface area contributed by atoms with Gasteiger partial charge < -0.3 is 9.80 Å². The number of likely N-dealkylation sites (tertiary alicyclic amines) is 2. The van der Waals surface area contributed by atoms with Crippen molar-refractivity contribution in [2.24, 2.45) is 5.92 Å². The number of amides is 2. The molecule has 3 rings (SSSR count). The molecule has 2 fully saturated rings. The Bertz CT molecular complexity index is 635. The molecule has 1 aromatic rings. The molecule has 1 unspecified atom stereocenters. The van der Waals surface area contributed by atoms with Crippen LogP contribution in [0.5, 0.6) is 0 Å². The van der Waals surface area contributed by atoms with Crippen molar-refractivity contribution in [3.8, 4) is 0 Å². The normalized spacial score (nSPS) is 21.2. The van der Waals surface area contributed by atoms with Gasteiger partial charge in [-0.05, 0) is 62.5 Å². The molecule has 4 nitrogen and oxygen atoms in total. The molecule has 142 valence electrons. The number of carbonyl (C=O) groups excluding carboxylic acids is 2. The van der Waals surface area contributed by atoms with Gasteiger partial charge in [0.25, 0.3) is 0 Å². The lowest BCUT2D eigenvalue weighted by molar-refractivity contribution is -0.144. The van der Waals surface area contributed by atoms with Crippen LogP contribution in [-0.2, 0) is 16.0 Å². The lowest BCUT2D eigenvalue weighted by Gasteiger charge is -2.34. The zero-order valence-electron chi connectivity index (χ0n) is 16.2. The third-order valence-electron chi connectivity index (χ3n) is 6.05. The van der Waals surface area contributed by atoms with Crippen LogP contribution in [-0.4, -0.2) is 47.3 Å². The van der Waals surface area contributed by atoms with Crippen molar-refractivity contribution in [2.45, 2.75) is 64.8 Å². The second-order valence-corrected chi connectivity index (χ2v) is 8.03. The molecule has 0 N–H and O–H groups in total. The van der Waals surface area contributed by atoms with Gasteiger partial charge in [0.15, 0.2) is 0 Å². The van der Waals surface area contributed by atoms with Crippen molar-refractivity contribution in [1.82, 2.24) is 9.80 Å². The summed E-state index contributed by atoms with van der Waals surface area (Å²) in [5.41, 5.74) is 2.60.